The van der Waals surface area contributed by atoms with Crippen molar-refractivity contribution in [2.24, 2.45) is 0 Å². The Balaban J connectivity index is 2.80. The van der Waals surface area contributed by atoms with Gasteiger partial charge in [-0.25, -0.2) is 0 Å². The van der Waals surface area contributed by atoms with Gasteiger partial charge in [-0.05, 0) is 34.1 Å². The Hall–Kier alpha value is -1.54. The van der Waals surface area contributed by atoms with Crippen LogP contribution in [0.3, 0.4) is 0 Å². The molecule has 0 fully saturated rings. The zero-order valence-electron chi connectivity index (χ0n) is 8.77. The Morgan fingerprint density at radius 1 is 1.62 bits per heavy atom. The van der Waals surface area contributed by atoms with Crippen molar-refractivity contribution in [2.45, 2.75) is 6.42 Å². The van der Waals surface area contributed by atoms with Crippen LogP contribution >= 0.6 is 15.9 Å². The average molecular weight is 283 g/mol. The minimum atomic E-state index is -0.823. The predicted octanol–water partition coefficient (Wildman–Crippen LogP) is 2.23. The summed E-state index contributed by atoms with van der Waals surface area (Å²) < 4.78 is 0.791. The third-order valence-corrected chi connectivity index (χ3v) is 2.78. The van der Waals surface area contributed by atoms with Gasteiger partial charge in [0.05, 0.1) is 23.7 Å². The van der Waals surface area contributed by atoms with Crippen LogP contribution in [0.1, 0.15) is 12.0 Å². The lowest BCUT2D eigenvalue weighted by atomic mass is 10.2. The van der Waals surface area contributed by atoms with Crippen LogP contribution < -0.4 is 4.90 Å². The van der Waals surface area contributed by atoms with Crippen molar-refractivity contribution >= 4 is 27.6 Å². The second-order valence-electron chi connectivity index (χ2n) is 3.34. The molecule has 1 aromatic carbocycles. The summed E-state index contributed by atoms with van der Waals surface area (Å²) in [6, 6.07) is 7.26. The van der Waals surface area contributed by atoms with Gasteiger partial charge >= 0.3 is 5.97 Å². The highest BCUT2D eigenvalue weighted by Gasteiger charge is 2.08. The Kier molecular flexibility index (Phi) is 4.32. The van der Waals surface area contributed by atoms with Crippen molar-refractivity contribution in [1.82, 2.24) is 0 Å². The van der Waals surface area contributed by atoms with Crippen molar-refractivity contribution in [3.63, 3.8) is 0 Å². The lowest BCUT2D eigenvalue weighted by Crippen LogP contribution is -2.21. The first-order valence-electron chi connectivity index (χ1n) is 4.67. The summed E-state index contributed by atoms with van der Waals surface area (Å²) in [5.41, 5.74) is 1.45. The molecular formula is C11H11BrN2O2. The lowest BCUT2D eigenvalue weighted by molar-refractivity contribution is -0.136. The summed E-state index contributed by atoms with van der Waals surface area (Å²) >= 11 is 3.36. The Bertz CT molecular complexity index is 440. The molecule has 1 aromatic rings. The monoisotopic (exact) mass is 282 g/mol. The smallest absolute Gasteiger partial charge is 0.305 e. The SMILES string of the molecule is CN(CCC(=O)O)c1ccc(C#N)cc1Br. The zero-order chi connectivity index (χ0) is 12.1. The van der Waals surface area contributed by atoms with E-state index < -0.39 is 5.97 Å². The molecule has 0 saturated heterocycles. The van der Waals surface area contributed by atoms with E-state index in [4.69, 9.17) is 10.4 Å². The molecule has 0 radical (unpaired) electrons. The molecule has 0 aliphatic carbocycles. The van der Waals surface area contributed by atoms with E-state index in [1.54, 1.807) is 18.2 Å². The van der Waals surface area contributed by atoms with Gasteiger partial charge in [0.15, 0.2) is 0 Å². The number of nitrogens with zero attached hydrogens (tertiary/aromatic N) is 2. The number of carboxylic acid groups (broad SMARTS) is 1. The number of rotatable bonds is 4. The molecule has 0 aromatic heterocycles. The van der Waals surface area contributed by atoms with Gasteiger partial charge in [-0.1, -0.05) is 0 Å². The molecular weight excluding hydrogens is 272 g/mol. The second-order valence-corrected chi connectivity index (χ2v) is 4.20. The number of hydrogen-bond acceptors (Lipinski definition) is 3. The van der Waals surface area contributed by atoms with Crippen LogP contribution in [0.15, 0.2) is 22.7 Å². The maximum atomic E-state index is 10.4. The van der Waals surface area contributed by atoms with E-state index in [9.17, 15) is 4.79 Å². The Morgan fingerprint density at radius 2 is 2.31 bits per heavy atom. The topological polar surface area (TPSA) is 64.3 Å². The van der Waals surface area contributed by atoms with Crippen molar-refractivity contribution in [2.75, 3.05) is 18.5 Å². The van der Waals surface area contributed by atoms with Crippen molar-refractivity contribution in [3.8, 4) is 6.07 Å². The standard InChI is InChI=1S/C11H11BrN2O2/c1-14(5-4-11(15)16)10-3-2-8(7-13)6-9(10)12/h2-3,6H,4-5H2,1H3,(H,15,16). The van der Waals surface area contributed by atoms with Crippen molar-refractivity contribution in [1.29, 1.82) is 5.26 Å². The molecule has 0 saturated carbocycles. The number of aliphatic carboxylic acids is 1. The van der Waals surface area contributed by atoms with Crippen LogP contribution in [0, 0.1) is 11.3 Å². The van der Waals surface area contributed by atoms with Gasteiger partial charge in [-0.3, -0.25) is 4.79 Å². The third-order valence-electron chi connectivity index (χ3n) is 2.15. The minimum Gasteiger partial charge on any atom is -0.481 e. The minimum absolute atomic E-state index is 0.0863. The highest BCUT2D eigenvalue weighted by Crippen LogP contribution is 2.26. The highest BCUT2D eigenvalue weighted by molar-refractivity contribution is 9.10. The fraction of sp³-hybridized carbons (Fsp3) is 0.273. The first-order valence-corrected chi connectivity index (χ1v) is 5.46. The largest absolute Gasteiger partial charge is 0.481 e. The Morgan fingerprint density at radius 3 is 2.81 bits per heavy atom. The summed E-state index contributed by atoms with van der Waals surface area (Å²) in [6.07, 6.45) is 0.0863. The van der Waals surface area contributed by atoms with Crippen LogP contribution in [0.25, 0.3) is 0 Å². The van der Waals surface area contributed by atoms with E-state index in [0.717, 1.165) is 10.2 Å². The molecule has 4 nitrogen and oxygen atoms in total. The number of carbonyl (C=O) groups is 1. The van der Waals surface area contributed by atoms with Crippen LogP contribution in [0.4, 0.5) is 5.69 Å². The molecule has 16 heavy (non-hydrogen) atoms. The molecule has 0 aliphatic heterocycles. The molecule has 0 spiro atoms. The summed E-state index contributed by atoms with van der Waals surface area (Å²) in [6.45, 7) is 0.430. The zero-order valence-corrected chi connectivity index (χ0v) is 10.4. The first kappa shape index (κ1) is 12.5. The normalized spacial score (nSPS) is 9.56. The molecule has 84 valence electrons. The third kappa shape index (κ3) is 3.24. The predicted molar refractivity (Wildman–Crippen MR) is 64.4 cm³/mol. The van der Waals surface area contributed by atoms with Gasteiger partial charge in [0, 0.05) is 18.1 Å². The average Bonchev–Trinajstić information content (AvgIpc) is 2.25. The number of anilines is 1. The second kappa shape index (κ2) is 5.52. The number of nitriles is 1. The van der Waals surface area contributed by atoms with Gasteiger partial charge < -0.3 is 10.0 Å². The molecule has 0 amide bonds. The molecule has 1 N–H and O–H groups in total. The van der Waals surface area contributed by atoms with E-state index in [2.05, 4.69) is 15.9 Å². The summed E-state index contributed by atoms with van der Waals surface area (Å²) in [5.74, 6) is -0.823. The van der Waals surface area contributed by atoms with Gasteiger partial charge in [0.1, 0.15) is 0 Å². The maximum absolute atomic E-state index is 10.4. The Labute approximate surface area is 102 Å². The van der Waals surface area contributed by atoms with E-state index in [1.807, 2.05) is 18.0 Å². The van der Waals surface area contributed by atoms with E-state index in [0.29, 0.717) is 12.1 Å². The van der Waals surface area contributed by atoms with E-state index in [-0.39, 0.29) is 6.42 Å². The number of benzene rings is 1. The van der Waals surface area contributed by atoms with E-state index >= 15 is 0 Å². The molecule has 0 aliphatic rings. The summed E-state index contributed by atoms with van der Waals surface area (Å²) in [5, 5.41) is 17.3. The highest BCUT2D eigenvalue weighted by atomic mass is 79.9. The number of halogens is 1. The van der Waals surface area contributed by atoms with Crippen LogP contribution in [0.5, 0.6) is 0 Å². The summed E-state index contributed by atoms with van der Waals surface area (Å²) in [4.78, 5) is 12.3. The molecule has 5 heteroatoms. The fourth-order valence-corrected chi connectivity index (χ4v) is 1.95. The quantitative estimate of drug-likeness (QED) is 0.920. The van der Waals surface area contributed by atoms with Crippen LogP contribution in [-0.4, -0.2) is 24.7 Å². The molecule has 0 heterocycles. The fourth-order valence-electron chi connectivity index (χ4n) is 1.27. The van der Waals surface area contributed by atoms with Crippen LogP contribution in [-0.2, 0) is 4.79 Å². The van der Waals surface area contributed by atoms with Gasteiger partial charge in [-0.2, -0.15) is 5.26 Å². The van der Waals surface area contributed by atoms with Crippen molar-refractivity contribution in [3.05, 3.63) is 28.2 Å². The van der Waals surface area contributed by atoms with Gasteiger partial charge in [-0.15, -0.1) is 0 Å². The summed E-state index contributed by atoms with van der Waals surface area (Å²) in [7, 11) is 1.81. The lowest BCUT2D eigenvalue weighted by Gasteiger charge is -2.19. The first-order chi connectivity index (χ1) is 7.54. The number of carboxylic acids is 1. The van der Waals surface area contributed by atoms with Crippen molar-refractivity contribution < 1.29 is 9.90 Å². The molecule has 0 atom stereocenters. The van der Waals surface area contributed by atoms with Gasteiger partial charge in [0.2, 0.25) is 0 Å². The molecule has 1 rings (SSSR count). The molecule has 0 bridgehead atoms. The number of hydrogen-bond donors (Lipinski definition) is 1. The van der Waals surface area contributed by atoms with E-state index in [1.165, 1.54) is 0 Å². The molecule has 0 unspecified atom stereocenters. The van der Waals surface area contributed by atoms with Crippen LogP contribution in [0.2, 0.25) is 0 Å². The van der Waals surface area contributed by atoms with Gasteiger partial charge in [0.25, 0.3) is 0 Å². The maximum Gasteiger partial charge on any atom is 0.305 e.